The summed E-state index contributed by atoms with van der Waals surface area (Å²) in [5.41, 5.74) is -1.50. The van der Waals surface area contributed by atoms with Crippen molar-refractivity contribution in [1.29, 1.82) is 0 Å². The second-order valence-corrected chi connectivity index (χ2v) is 11.9. The lowest BCUT2D eigenvalue weighted by Crippen LogP contribution is -2.54. The number of piperazine rings is 1. The van der Waals surface area contributed by atoms with Gasteiger partial charge in [0, 0.05) is 50.4 Å². The van der Waals surface area contributed by atoms with Gasteiger partial charge in [-0.05, 0) is 55.2 Å². The van der Waals surface area contributed by atoms with Gasteiger partial charge >= 0.3 is 12.2 Å². The van der Waals surface area contributed by atoms with Crippen molar-refractivity contribution in [2.45, 2.75) is 52.9 Å². The average molecular weight is 580 g/mol. The van der Waals surface area contributed by atoms with E-state index in [1.807, 2.05) is 26.1 Å². The van der Waals surface area contributed by atoms with Gasteiger partial charge in [-0.2, -0.15) is 13.2 Å². The van der Waals surface area contributed by atoms with Crippen LogP contribution in [0.1, 0.15) is 60.9 Å². The fourth-order valence-corrected chi connectivity index (χ4v) is 4.05. The maximum absolute atomic E-state index is 14.6. The number of hydrogen-bond donors (Lipinski definition) is 3. The first-order valence-electron chi connectivity index (χ1n) is 13.3. The molecule has 1 aliphatic heterocycles. The Morgan fingerprint density at radius 3 is 2.12 bits per heavy atom. The summed E-state index contributed by atoms with van der Waals surface area (Å²) in [6.45, 7) is 10.3. The first-order chi connectivity index (χ1) is 18.9. The predicted octanol–water partition coefficient (Wildman–Crippen LogP) is 5.02. The number of hydrogen-bond acceptors (Lipinski definition) is 4. The summed E-state index contributed by atoms with van der Waals surface area (Å²) in [4.78, 5) is 41.2. The summed E-state index contributed by atoms with van der Waals surface area (Å²) in [5, 5.41) is 7.16. The van der Waals surface area contributed by atoms with Crippen LogP contribution in [-0.2, 0) is 6.54 Å². The maximum atomic E-state index is 14.6. The third kappa shape index (κ3) is 8.91. The van der Waals surface area contributed by atoms with E-state index in [9.17, 15) is 31.9 Å². The third-order valence-electron chi connectivity index (χ3n) is 6.63. The van der Waals surface area contributed by atoms with Crippen LogP contribution in [0.15, 0.2) is 42.5 Å². The van der Waals surface area contributed by atoms with E-state index < -0.39 is 29.5 Å². The number of nitrogens with one attached hydrogen (secondary N) is 3. The lowest BCUT2D eigenvalue weighted by atomic mass is 9.97. The molecule has 1 saturated heterocycles. The minimum atomic E-state index is -4.59. The van der Waals surface area contributed by atoms with Crippen molar-refractivity contribution < 1.29 is 31.9 Å². The number of carbonyl (C=O) groups excluding carboxylic acids is 3. The molecule has 1 fully saturated rings. The molecule has 0 bridgehead atoms. The Morgan fingerprint density at radius 2 is 1.54 bits per heavy atom. The van der Waals surface area contributed by atoms with Crippen molar-refractivity contribution >= 4 is 23.5 Å². The summed E-state index contributed by atoms with van der Waals surface area (Å²) in [7, 11) is 0. The van der Waals surface area contributed by atoms with E-state index in [-0.39, 0.29) is 28.1 Å². The van der Waals surface area contributed by atoms with Gasteiger partial charge in [-0.15, -0.1) is 0 Å². The first kappa shape index (κ1) is 31.9. The van der Waals surface area contributed by atoms with Crippen molar-refractivity contribution in [1.82, 2.24) is 20.4 Å². The van der Waals surface area contributed by atoms with Crippen molar-refractivity contribution in [3.63, 3.8) is 0 Å². The van der Waals surface area contributed by atoms with E-state index >= 15 is 0 Å². The van der Waals surface area contributed by atoms with Crippen LogP contribution < -0.4 is 16.0 Å². The zero-order valence-corrected chi connectivity index (χ0v) is 23.9. The fourth-order valence-electron chi connectivity index (χ4n) is 4.05. The zero-order chi connectivity index (χ0) is 30.6. The smallest absolute Gasteiger partial charge is 0.338 e. The molecule has 1 aliphatic rings. The molecule has 224 valence electrons. The van der Waals surface area contributed by atoms with E-state index in [0.29, 0.717) is 39.3 Å². The number of benzene rings is 2. The number of nitrogens with zero attached hydrogens (tertiary/aromatic N) is 2. The molecule has 8 nitrogen and oxygen atoms in total. The van der Waals surface area contributed by atoms with Crippen LogP contribution in [0.2, 0.25) is 0 Å². The minimum Gasteiger partial charge on any atom is -0.338 e. The molecule has 3 N–H and O–H groups in total. The van der Waals surface area contributed by atoms with Crippen LogP contribution in [-0.4, -0.2) is 72.1 Å². The normalized spacial score (nSPS) is 14.9. The van der Waals surface area contributed by atoms with E-state index in [2.05, 4.69) is 15.5 Å². The fraction of sp³-hybridized carbons (Fsp3) is 0.483. The van der Waals surface area contributed by atoms with Gasteiger partial charge in [-0.3, -0.25) is 14.5 Å². The summed E-state index contributed by atoms with van der Waals surface area (Å²) in [6.07, 6.45) is -4.59. The van der Waals surface area contributed by atoms with Crippen LogP contribution in [0.4, 0.5) is 28.0 Å². The molecule has 0 atom stereocenters. The summed E-state index contributed by atoms with van der Waals surface area (Å²) in [5.74, 6) is -1.87. The number of rotatable bonds is 7. The Labute approximate surface area is 237 Å². The van der Waals surface area contributed by atoms with E-state index in [4.69, 9.17) is 0 Å². The molecule has 0 aromatic heterocycles. The topological polar surface area (TPSA) is 93.8 Å². The molecule has 41 heavy (non-hydrogen) atoms. The number of urea groups is 1. The van der Waals surface area contributed by atoms with Crippen LogP contribution in [0.3, 0.4) is 0 Å². The molecule has 4 amide bonds. The summed E-state index contributed by atoms with van der Waals surface area (Å²) >= 11 is 0. The van der Waals surface area contributed by atoms with E-state index in [0.717, 1.165) is 25.5 Å². The molecule has 0 spiro atoms. The van der Waals surface area contributed by atoms with Crippen LogP contribution in [0.25, 0.3) is 0 Å². The van der Waals surface area contributed by atoms with Crippen LogP contribution >= 0.6 is 0 Å². The van der Waals surface area contributed by atoms with Crippen molar-refractivity contribution in [3.05, 3.63) is 65.0 Å². The molecule has 0 aliphatic carbocycles. The number of carbonyl (C=O) groups is 3. The number of halogens is 4. The van der Waals surface area contributed by atoms with Crippen molar-refractivity contribution in [3.8, 4) is 0 Å². The Balaban J connectivity index is 1.54. The molecule has 2 aromatic carbocycles. The van der Waals surface area contributed by atoms with Crippen LogP contribution in [0, 0.1) is 11.2 Å². The van der Waals surface area contributed by atoms with Crippen molar-refractivity contribution in [2.24, 2.45) is 5.41 Å². The molecule has 0 unspecified atom stereocenters. The van der Waals surface area contributed by atoms with E-state index in [1.165, 1.54) is 18.2 Å². The molecular formula is C29H37F4N5O3. The van der Waals surface area contributed by atoms with Gasteiger partial charge < -0.3 is 20.9 Å². The monoisotopic (exact) mass is 579 g/mol. The average Bonchev–Trinajstić information content (AvgIpc) is 2.87. The number of alkyl halides is 3. The maximum Gasteiger partial charge on any atom is 0.410 e. The van der Waals surface area contributed by atoms with Gasteiger partial charge in [-0.1, -0.05) is 32.9 Å². The van der Waals surface area contributed by atoms with Gasteiger partial charge in [0.25, 0.3) is 11.8 Å². The highest BCUT2D eigenvalue weighted by atomic mass is 19.4. The lowest BCUT2D eigenvalue weighted by Gasteiger charge is -2.35. The molecular weight excluding hydrogens is 542 g/mol. The predicted molar refractivity (Wildman–Crippen MR) is 148 cm³/mol. The Hall–Kier alpha value is -3.67. The Kier molecular flexibility index (Phi) is 9.68. The number of anilines is 1. The number of amides is 4. The molecule has 12 heteroatoms. The molecule has 1 heterocycles. The molecule has 0 radical (unpaired) electrons. The lowest BCUT2D eigenvalue weighted by molar-refractivity contribution is -0.182. The molecule has 3 rings (SSSR count). The second kappa shape index (κ2) is 12.5. The SMILES string of the molecule is CC(C)(C)CNC(=O)Nc1ccc(C(=O)N2CCN(Cc3cccc(C(=O)NC(C)(C)C(F)(F)F)c3)CC2)cc1F. The summed E-state index contributed by atoms with van der Waals surface area (Å²) < 4.78 is 54.1. The molecule has 0 saturated carbocycles. The van der Waals surface area contributed by atoms with Gasteiger partial charge in [0.15, 0.2) is 0 Å². The van der Waals surface area contributed by atoms with Crippen molar-refractivity contribution in [2.75, 3.05) is 38.0 Å². The highest BCUT2D eigenvalue weighted by molar-refractivity contribution is 5.96. The minimum absolute atomic E-state index is 0.0318. The zero-order valence-electron chi connectivity index (χ0n) is 23.9. The summed E-state index contributed by atoms with van der Waals surface area (Å²) in [6, 6.07) is 9.80. The Bertz CT molecular complexity index is 1270. The van der Waals surface area contributed by atoms with Crippen LogP contribution in [0.5, 0.6) is 0 Å². The largest absolute Gasteiger partial charge is 0.410 e. The molecule has 2 aromatic rings. The van der Waals surface area contributed by atoms with Gasteiger partial charge in [-0.25, -0.2) is 9.18 Å². The van der Waals surface area contributed by atoms with Gasteiger partial charge in [0.2, 0.25) is 0 Å². The second-order valence-electron chi connectivity index (χ2n) is 11.9. The van der Waals surface area contributed by atoms with Gasteiger partial charge in [0.05, 0.1) is 5.69 Å². The quantitative estimate of drug-likeness (QED) is 0.402. The standard InChI is InChI=1S/C29H37F4N5O3/c1-27(2,3)18-34-26(41)35-23-10-9-21(16-22(23)30)25(40)38-13-11-37(12-14-38)17-19-7-6-8-20(15-19)24(39)36-28(4,5)29(31,32)33/h6-10,15-16H,11-14,17-18H2,1-5H3,(H,36,39)(H2,34,35,41). The van der Waals surface area contributed by atoms with Gasteiger partial charge in [0.1, 0.15) is 11.4 Å². The third-order valence-corrected chi connectivity index (χ3v) is 6.63. The highest BCUT2D eigenvalue weighted by Gasteiger charge is 2.48. The Morgan fingerprint density at radius 1 is 0.878 bits per heavy atom. The first-order valence-corrected chi connectivity index (χ1v) is 13.3. The van der Waals surface area contributed by atoms with E-state index in [1.54, 1.807) is 23.1 Å². The highest BCUT2D eigenvalue weighted by Crippen LogP contribution is 2.30.